The van der Waals surface area contributed by atoms with Crippen LogP contribution >= 0.6 is 0 Å². The van der Waals surface area contributed by atoms with Gasteiger partial charge in [-0.3, -0.25) is 0 Å². The number of aromatic carboxylic acids is 1. The van der Waals surface area contributed by atoms with Crippen molar-refractivity contribution >= 4 is 16.1 Å². The van der Waals surface area contributed by atoms with Crippen molar-refractivity contribution < 1.29 is 22.5 Å². The average Bonchev–Trinajstić information content (AvgIpc) is 2.39. The lowest BCUT2D eigenvalue weighted by Crippen LogP contribution is -2.11. The highest BCUT2D eigenvalue weighted by molar-refractivity contribution is 7.87. The van der Waals surface area contributed by atoms with Gasteiger partial charge in [-0.05, 0) is 36.8 Å². The van der Waals surface area contributed by atoms with Crippen molar-refractivity contribution in [3.63, 3.8) is 0 Å². The summed E-state index contributed by atoms with van der Waals surface area (Å²) in [4.78, 5) is 10.8. The fourth-order valence-electron chi connectivity index (χ4n) is 1.64. The minimum absolute atomic E-state index is 0.0669. The molecule has 0 atom stereocenters. The largest absolute Gasteiger partial charge is 0.478 e. The van der Waals surface area contributed by atoms with Crippen molar-refractivity contribution in [3.8, 4) is 5.75 Å². The summed E-state index contributed by atoms with van der Waals surface area (Å²) in [7, 11) is -4.05. The molecule has 2 rings (SSSR count). The van der Waals surface area contributed by atoms with E-state index in [1.165, 1.54) is 24.3 Å². The Morgan fingerprint density at radius 2 is 1.75 bits per heavy atom. The van der Waals surface area contributed by atoms with Gasteiger partial charge in [-0.1, -0.05) is 24.3 Å². The molecule has 0 bridgehead atoms. The predicted octanol–water partition coefficient (Wildman–Crippen LogP) is 2.46. The summed E-state index contributed by atoms with van der Waals surface area (Å²) in [5, 5.41) is 9.01. The lowest BCUT2D eigenvalue weighted by molar-refractivity contribution is 0.0696. The van der Waals surface area contributed by atoms with Gasteiger partial charge in [0.15, 0.2) is 0 Å². The Kier molecular flexibility index (Phi) is 3.76. The van der Waals surface area contributed by atoms with Crippen molar-refractivity contribution in [2.45, 2.75) is 11.8 Å². The number of benzene rings is 2. The van der Waals surface area contributed by atoms with Crippen LogP contribution in [0.5, 0.6) is 5.75 Å². The van der Waals surface area contributed by atoms with E-state index in [-0.39, 0.29) is 16.2 Å². The van der Waals surface area contributed by atoms with Gasteiger partial charge in [0.05, 0.1) is 5.56 Å². The van der Waals surface area contributed by atoms with Crippen LogP contribution in [0.25, 0.3) is 0 Å². The first-order valence-corrected chi connectivity index (χ1v) is 7.14. The summed E-state index contributed by atoms with van der Waals surface area (Å²) >= 11 is 0. The molecule has 0 aromatic heterocycles. The van der Waals surface area contributed by atoms with Crippen LogP contribution in [-0.2, 0) is 10.1 Å². The fourth-order valence-corrected chi connectivity index (χ4v) is 2.60. The van der Waals surface area contributed by atoms with Crippen LogP contribution in [0.15, 0.2) is 53.4 Å². The second-order valence-corrected chi connectivity index (χ2v) is 5.68. The van der Waals surface area contributed by atoms with Crippen molar-refractivity contribution in [3.05, 3.63) is 59.7 Å². The highest BCUT2D eigenvalue weighted by Gasteiger charge is 2.19. The average molecular weight is 292 g/mol. The van der Waals surface area contributed by atoms with Gasteiger partial charge in [0.25, 0.3) is 0 Å². The van der Waals surface area contributed by atoms with Crippen LogP contribution in [0.3, 0.4) is 0 Å². The molecule has 0 aliphatic rings. The molecule has 20 heavy (non-hydrogen) atoms. The van der Waals surface area contributed by atoms with Crippen LogP contribution < -0.4 is 4.18 Å². The summed E-state index contributed by atoms with van der Waals surface area (Å²) in [6.45, 7) is 1.60. The summed E-state index contributed by atoms with van der Waals surface area (Å²) < 4.78 is 29.1. The smallest absolute Gasteiger partial charge is 0.339 e. The highest BCUT2D eigenvalue weighted by Crippen LogP contribution is 2.20. The predicted molar refractivity (Wildman–Crippen MR) is 72.4 cm³/mol. The van der Waals surface area contributed by atoms with Crippen molar-refractivity contribution in [2.24, 2.45) is 0 Å². The minimum atomic E-state index is -4.05. The van der Waals surface area contributed by atoms with Crippen LogP contribution in [0.2, 0.25) is 0 Å². The first kappa shape index (κ1) is 14.1. The maximum Gasteiger partial charge on any atom is 0.339 e. The lowest BCUT2D eigenvalue weighted by Gasteiger charge is -2.08. The monoisotopic (exact) mass is 292 g/mol. The molecule has 5 nitrogen and oxygen atoms in total. The molecule has 0 fully saturated rings. The van der Waals surface area contributed by atoms with Gasteiger partial charge < -0.3 is 9.29 Å². The van der Waals surface area contributed by atoms with E-state index < -0.39 is 16.1 Å². The van der Waals surface area contributed by atoms with Gasteiger partial charge in [0.2, 0.25) is 0 Å². The lowest BCUT2D eigenvalue weighted by atomic mass is 10.1. The number of aryl methyl sites for hydroxylation is 1. The van der Waals surface area contributed by atoms with E-state index in [9.17, 15) is 13.2 Å². The van der Waals surface area contributed by atoms with Crippen molar-refractivity contribution in [1.29, 1.82) is 0 Å². The Morgan fingerprint density at radius 3 is 2.35 bits per heavy atom. The third-order valence-electron chi connectivity index (χ3n) is 2.68. The van der Waals surface area contributed by atoms with E-state index in [0.717, 1.165) is 6.07 Å². The highest BCUT2D eigenvalue weighted by atomic mass is 32.2. The zero-order valence-electron chi connectivity index (χ0n) is 10.6. The van der Waals surface area contributed by atoms with E-state index in [4.69, 9.17) is 9.29 Å². The Morgan fingerprint density at radius 1 is 1.10 bits per heavy atom. The standard InChI is InChI=1S/C14H12O5S/c1-10-7-8-12(9-13(10)14(15)16)20(17,18)19-11-5-3-2-4-6-11/h2-9H,1H3,(H,15,16). The van der Waals surface area contributed by atoms with Crippen LogP contribution in [-0.4, -0.2) is 19.5 Å². The third-order valence-corrected chi connectivity index (χ3v) is 3.92. The summed E-state index contributed by atoms with van der Waals surface area (Å²) in [5.41, 5.74) is 0.416. The third kappa shape index (κ3) is 2.97. The number of carboxylic acids is 1. The van der Waals surface area contributed by atoms with Gasteiger partial charge in [0, 0.05) is 0 Å². The van der Waals surface area contributed by atoms with Crippen LogP contribution in [0.1, 0.15) is 15.9 Å². The molecule has 0 radical (unpaired) electrons. The second-order valence-electron chi connectivity index (χ2n) is 4.13. The second kappa shape index (κ2) is 5.34. The first-order chi connectivity index (χ1) is 9.40. The Hall–Kier alpha value is -2.34. The Balaban J connectivity index is 2.40. The number of hydrogen-bond donors (Lipinski definition) is 1. The number of hydrogen-bond acceptors (Lipinski definition) is 4. The molecule has 0 unspecified atom stereocenters. The summed E-state index contributed by atoms with van der Waals surface area (Å²) in [6, 6.07) is 11.9. The van der Waals surface area contributed by atoms with E-state index >= 15 is 0 Å². The van der Waals surface area contributed by atoms with E-state index in [1.807, 2.05) is 0 Å². The van der Waals surface area contributed by atoms with Crippen molar-refractivity contribution in [2.75, 3.05) is 0 Å². The Bertz CT molecular complexity index is 735. The molecule has 0 amide bonds. The van der Waals surface area contributed by atoms with E-state index in [2.05, 4.69) is 0 Å². The van der Waals surface area contributed by atoms with E-state index in [0.29, 0.717) is 5.56 Å². The molecule has 0 heterocycles. The van der Waals surface area contributed by atoms with E-state index in [1.54, 1.807) is 25.1 Å². The molecular formula is C14H12O5S. The number of carboxylic acid groups (broad SMARTS) is 1. The van der Waals surface area contributed by atoms with Crippen molar-refractivity contribution in [1.82, 2.24) is 0 Å². The first-order valence-electron chi connectivity index (χ1n) is 5.73. The quantitative estimate of drug-likeness (QED) is 0.875. The van der Waals surface area contributed by atoms with Gasteiger partial charge >= 0.3 is 16.1 Å². The number of carbonyl (C=O) groups is 1. The van der Waals surface area contributed by atoms with Gasteiger partial charge in [0.1, 0.15) is 10.6 Å². The molecule has 2 aromatic rings. The molecule has 0 saturated carbocycles. The number of para-hydroxylation sites is 1. The van der Waals surface area contributed by atoms with Gasteiger partial charge in [-0.25, -0.2) is 4.79 Å². The maximum absolute atomic E-state index is 12.1. The van der Waals surface area contributed by atoms with Gasteiger partial charge in [-0.15, -0.1) is 0 Å². The SMILES string of the molecule is Cc1ccc(S(=O)(=O)Oc2ccccc2)cc1C(=O)O. The van der Waals surface area contributed by atoms with Crippen LogP contribution in [0, 0.1) is 6.92 Å². The molecule has 0 saturated heterocycles. The fraction of sp³-hybridized carbons (Fsp3) is 0.0714. The number of rotatable bonds is 4. The van der Waals surface area contributed by atoms with Crippen LogP contribution in [0.4, 0.5) is 0 Å². The molecule has 104 valence electrons. The molecule has 1 N–H and O–H groups in total. The zero-order valence-corrected chi connectivity index (χ0v) is 11.4. The molecule has 0 aliphatic carbocycles. The molecule has 0 spiro atoms. The van der Waals surface area contributed by atoms with Gasteiger partial charge in [-0.2, -0.15) is 8.42 Å². The minimum Gasteiger partial charge on any atom is -0.478 e. The molecule has 6 heteroatoms. The molecule has 0 aliphatic heterocycles. The summed E-state index contributed by atoms with van der Waals surface area (Å²) in [6.07, 6.45) is 0. The summed E-state index contributed by atoms with van der Waals surface area (Å²) in [5.74, 6) is -1.01. The maximum atomic E-state index is 12.1. The molecule has 2 aromatic carbocycles. The molecular weight excluding hydrogens is 280 g/mol. The Labute approximate surface area is 116 Å². The zero-order chi connectivity index (χ0) is 14.8. The normalized spacial score (nSPS) is 11.1. The topological polar surface area (TPSA) is 80.7 Å².